The first-order valence-electron chi connectivity index (χ1n) is 6.40. The number of nitrogens with one attached hydrogen (secondary N) is 1. The van der Waals surface area contributed by atoms with Crippen LogP contribution in [0.4, 0.5) is 5.69 Å². The van der Waals surface area contributed by atoms with E-state index in [9.17, 15) is 9.90 Å². The Morgan fingerprint density at radius 1 is 1.28 bits per heavy atom. The van der Waals surface area contributed by atoms with Gasteiger partial charge in [-0.25, -0.2) is 0 Å². The lowest BCUT2D eigenvalue weighted by Gasteiger charge is -2.28. The van der Waals surface area contributed by atoms with Crippen molar-refractivity contribution in [1.82, 2.24) is 0 Å². The van der Waals surface area contributed by atoms with Crippen molar-refractivity contribution in [3.63, 3.8) is 0 Å². The quantitative estimate of drug-likeness (QED) is 0.801. The van der Waals surface area contributed by atoms with Crippen LogP contribution in [0.25, 0.3) is 0 Å². The zero-order valence-electron chi connectivity index (χ0n) is 11.5. The third kappa shape index (κ3) is 2.41. The molecule has 1 atom stereocenters. The van der Waals surface area contributed by atoms with Gasteiger partial charge in [0.1, 0.15) is 0 Å². The van der Waals surface area contributed by atoms with Gasteiger partial charge in [0.05, 0.1) is 6.10 Å². The Bertz CT molecular complexity index is 486. The predicted molar refractivity (Wildman–Crippen MR) is 72.5 cm³/mol. The molecule has 1 unspecified atom stereocenters. The number of amides is 1. The lowest BCUT2D eigenvalue weighted by molar-refractivity contribution is -0.116. The van der Waals surface area contributed by atoms with Gasteiger partial charge in [0.2, 0.25) is 5.91 Å². The molecule has 2 rings (SSSR count). The number of aliphatic hydroxyl groups excluding tert-OH is 1. The number of aliphatic hydroxyl groups is 1. The summed E-state index contributed by atoms with van der Waals surface area (Å²) >= 11 is 0. The molecular weight excluding hydrogens is 226 g/mol. The highest BCUT2D eigenvalue weighted by molar-refractivity contribution is 5.94. The molecule has 0 aliphatic carbocycles. The maximum absolute atomic E-state index is 11.4. The van der Waals surface area contributed by atoms with E-state index in [0.29, 0.717) is 6.42 Å². The third-order valence-corrected chi connectivity index (χ3v) is 3.46. The van der Waals surface area contributed by atoms with E-state index >= 15 is 0 Å². The summed E-state index contributed by atoms with van der Waals surface area (Å²) in [5.41, 5.74) is 3.84. The van der Waals surface area contributed by atoms with Crippen LogP contribution in [-0.2, 0) is 11.2 Å². The summed E-state index contributed by atoms with van der Waals surface area (Å²) in [7, 11) is 0. The molecule has 0 fully saturated rings. The molecule has 1 aromatic carbocycles. The lowest BCUT2D eigenvalue weighted by atomic mass is 9.83. The highest BCUT2D eigenvalue weighted by atomic mass is 16.3. The van der Waals surface area contributed by atoms with Gasteiger partial charge in [0.25, 0.3) is 0 Å². The van der Waals surface area contributed by atoms with Crippen molar-refractivity contribution >= 4 is 11.6 Å². The molecule has 18 heavy (non-hydrogen) atoms. The summed E-state index contributed by atoms with van der Waals surface area (Å²) in [5, 5.41) is 13.3. The average molecular weight is 247 g/mol. The highest BCUT2D eigenvalue weighted by Gasteiger charge is 2.26. The second-order valence-corrected chi connectivity index (χ2v) is 6.19. The van der Waals surface area contributed by atoms with Crippen molar-refractivity contribution < 1.29 is 9.90 Å². The number of benzene rings is 1. The topological polar surface area (TPSA) is 49.3 Å². The van der Waals surface area contributed by atoms with E-state index < -0.39 is 6.10 Å². The number of carbonyl (C=O) groups excluding carboxylic acids is 1. The van der Waals surface area contributed by atoms with Gasteiger partial charge in [-0.3, -0.25) is 4.79 Å². The number of aryl methyl sites for hydroxylation is 2. The molecule has 0 radical (unpaired) electrons. The summed E-state index contributed by atoms with van der Waals surface area (Å²) in [6, 6.07) is 4.00. The first-order valence-corrected chi connectivity index (χ1v) is 6.40. The standard InChI is InChI=1S/C15H21NO2/c1-9-7-11(14(18)15(2,3)4)8-10-5-6-12(17)16-13(9)10/h7-8,14,18H,5-6H2,1-4H3,(H,16,17). The maximum atomic E-state index is 11.4. The molecule has 0 aromatic heterocycles. The van der Waals surface area contributed by atoms with E-state index in [1.807, 2.05) is 39.8 Å². The van der Waals surface area contributed by atoms with Gasteiger partial charge >= 0.3 is 0 Å². The van der Waals surface area contributed by atoms with Gasteiger partial charge in [0, 0.05) is 12.1 Å². The fraction of sp³-hybridized carbons (Fsp3) is 0.533. The summed E-state index contributed by atoms with van der Waals surface area (Å²) in [5.74, 6) is 0.0784. The first-order chi connectivity index (χ1) is 8.29. The van der Waals surface area contributed by atoms with Crippen molar-refractivity contribution in [2.24, 2.45) is 5.41 Å². The molecule has 0 saturated carbocycles. The van der Waals surface area contributed by atoms with E-state index in [1.165, 1.54) is 0 Å². The molecule has 1 amide bonds. The van der Waals surface area contributed by atoms with Gasteiger partial charge in [-0.05, 0) is 35.4 Å². The van der Waals surface area contributed by atoms with Crippen LogP contribution in [0.15, 0.2) is 12.1 Å². The van der Waals surface area contributed by atoms with Gasteiger partial charge in [-0.1, -0.05) is 32.9 Å². The summed E-state index contributed by atoms with van der Waals surface area (Å²) in [6.07, 6.45) is 0.799. The third-order valence-electron chi connectivity index (χ3n) is 3.46. The van der Waals surface area contributed by atoms with Crippen LogP contribution < -0.4 is 5.32 Å². The van der Waals surface area contributed by atoms with E-state index in [4.69, 9.17) is 0 Å². The summed E-state index contributed by atoms with van der Waals surface area (Å²) < 4.78 is 0. The zero-order valence-corrected chi connectivity index (χ0v) is 11.5. The van der Waals surface area contributed by atoms with Crippen LogP contribution in [0, 0.1) is 12.3 Å². The minimum absolute atomic E-state index is 0.0784. The Kier molecular flexibility index (Phi) is 3.20. The van der Waals surface area contributed by atoms with Crippen LogP contribution in [-0.4, -0.2) is 11.0 Å². The second-order valence-electron chi connectivity index (χ2n) is 6.19. The number of carbonyl (C=O) groups is 1. The van der Waals surface area contributed by atoms with Gasteiger partial charge < -0.3 is 10.4 Å². The van der Waals surface area contributed by atoms with Crippen LogP contribution in [0.2, 0.25) is 0 Å². The SMILES string of the molecule is Cc1cc(C(O)C(C)(C)C)cc2c1NC(=O)CC2. The predicted octanol–water partition coefficient (Wildman–Crippen LogP) is 2.96. The summed E-state index contributed by atoms with van der Waals surface area (Å²) in [6.45, 7) is 8.04. The molecular formula is C15H21NO2. The van der Waals surface area contributed by atoms with Crippen molar-refractivity contribution in [1.29, 1.82) is 0 Å². The zero-order chi connectivity index (χ0) is 13.5. The molecule has 0 spiro atoms. The van der Waals surface area contributed by atoms with Crippen LogP contribution in [0.3, 0.4) is 0 Å². The van der Waals surface area contributed by atoms with Crippen molar-refractivity contribution in [3.05, 3.63) is 28.8 Å². The largest absolute Gasteiger partial charge is 0.388 e. The first kappa shape index (κ1) is 13.1. The monoisotopic (exact) mass is 247 g/mol. The van der Waals surface area contributed by atoms with Gasteiger partial charge in [-0.15, -0.1) is 0 Å². The van der Waals surface area contributed by atoms with E-state index in [-0.39, 0.29) is 11.3 Å². The van der Waals surface area contributed by atoms with E-state index in [0.717, 1.165) is 28.8 Å². The molecule has 2 N–H and O–H groups in total. The number of anilines is 1. The van der Waals surface area contributed by atoms with E-state index in [2.05, 4.69) is 5.32 Å². The average Bonchev–Trinajstić information content (AvgIpc) is 2.27. The van der Waals surface area contributed by atoms with Crippen molar-refractivity contribution in [2.75, 3.05) is 5.32 Å². The van der Waals surface area contributed by atoms with E-state index in [1.54, 1.807) is 0 Å². The van der Waals surface area contributed by atoms with Crippen molar-refractivity contribution in [3.8, 4) is 0 Å². The lowest BCUT2D eigenvalue weighted by Crippen LogP contribution is -2.22. The van der Waals surface area contributed by atoms with Crippen LogP contribution in [0.1, 0.15) is 50.0 Å². The maximum Gasteiger partial charge on any atom is 0.224 e. The Morgan fingerprint density at radius 3 is 2.56 bits per heavy atom. The number of hydrogen-bond donors (Lipinski definition) is 2. The molecule has 98 valence electrons. The summed E-state index contributed by atoms with van der Waals surface area (Å²) in [4.78, 5) is 11.4. The highest BCUT2D eigenvalue weighted by Crippen LogP contribution is 2.36. The van der Waals surface area contributed by atoms with Gasteiger partial charge in [-0.2, -0.15) is 0 Å². The van der Waals surface area contributed by atoms with Gasteiger partial charge in [0.15, 0.2) is 0 Å². The van der Waals surface area contributed by atoms with Crippen LogP contribution in [0.5, 0.6) is 0 Å². The molecule has 1 aromatic rings. The number of fused-ring (bicyclic) bond motifs is 1. The number of hydrogen-bond acceptors (Lipinski definition) is 2. The Hall–Kier alpha value is -1.35. The second kappa shape index (κ2) is 4.39. The normalized spacial score (nSPS) is 17.1. The molecule has 0 bridgehead atoms. The number of rotatable bonds is 1. The Balaban J connectivity index is 2.42. The molecule has 3 nitrogen and oxygen atoms in total. The minimum Gasteiger partial charge on any atom is -0.388 e. The molecule has 1 aliphatic heterocycles. The fourth-order valence-corrected chi connectivity index (χ4v) is 2.37. The fourth-order valence-electron chi connectivity index (χ4n) is 2.37. The smallest absolute Gasteiger partial charge is 0.224 e. The minimum atomic E-state index is -0.487. The molecule has 3 heteroatoms. The molecule has 1 aliphatic rings. The van der Waals surface area contributed by atoms with Crippen molar-refractivity contribution in [2.45, 2.75) is 46.6 Å². The Morgan fingerprint density at radius 2 is 1.94 bits per heavy atom. The molecule has 1 heterocycles. The van der Waals surface area contributed by atoms with Crippen LogP contribution >= 0.6 is 0 Å². The Labute approximate surface area is 108 Å². The molecule has 0 saturated heterocycles.